The molecule has 2 atom stereocenters. The standard InChI is InChI=1S/C17H10F2N2O3/c18-10-3-1-9(2-4-10)14-13-15(24-20-14)17(23)21(16(13)22)12-7-5-11(19)6-8-12/h1-8,13,15H/t13-,15-/m1/s1. The third-order valence-electron chi connectivity index (χ3n) is 4.04. The van der Waals surface area contributed by atoms with E-state index in [0.717, 1.165) is 4.90 Å². The van der Waals surface area contributed by atoms with Crippen LogP contribution in [0.3, 0.4) is 0 Å². The lowest BCUT2D eigenvalue weighted by molar-refractivity contribution is -0.126. The second-order valence-electron chi connectivity index (χ2n) is 5.48. The van der Waals surface area contributed by atoms with Crippen molar-refractivity contribution < 1.29 is 23.2 Å². The number of nitrogens with zero attached hydrogens (tertiary/aromatic N) is 2. The molecule has 24 heavy (non-hydrogen) atoms. The fraction of sp³-hybridized carbons (Fsp3) is 0.118. The first-order chi connectivity index (χ1) is 11.6. The van der Waals surface area contributed by atoms with Gasteiger partial charge in [-0.25, -0.2) is 13.7 Å². The lowest BCUT2D eigenvalue weighted by Gasteiger charge is -2.15. The van der Waals surface area contributed by atoms with Crippen LogP contribution in [0.4, 0.5) is 14.5 Å². The molecule has 1 saturated heterocycles. The van der Waals surface area contributed by atoms with E-state index in [0.29, 0.717) is 5.56 Å². The van der Waals surface area contributed by atoms with Crippen molar-refractivity contribution in [1.82, 2.24) is 0 Å². The van der Waals surface area contributed by atoms with Gasteiger partial charge in [0.15, 0.2) is 0 Å². The second kappa shape index (κ2) is 5.23. The molecule has 2 amide bonds. The first-order valence-corrected chi connectivity index (χ1v) is 7.19. The summed E-state index contributed by atoms with van der Waals surface area (Å²) < 4.78 is 26.1. The number of fused-ring (bicyclic) bond motifs is 1. The van der Waals surface area contributed by atoms with Gasteiger partial charge in [-0.1, -0.05) is 17.3 Å². The third kappa shape index (κ3) is 2.09. The Morgan fingerprint density at radius 1 is 0.875 bits per heavy atom. The summed E-state index contributed by atoms with van der Waals surface area (Å²) in [6.07, 6.45) is -1.05. The fourth-order valence-electron chi connectivity index (χ4n) is 2.88. The van der Waals surface area contributed by atoms with Crippen molar-refractivity contribution in [3.8, 4) is 0 Å². The molecule has 2 heterocycles. The van der Waals surface area contributed by atoms with Crippen molar-refractivity contribution in [3.05, 3.63) is 65.7 Å². The maximum Gasteiger partial charge on any atom is 0.278 e. The Hall–Kier alpha value is -3.09. The number of oxime groups is 1. The van der Waals surface area contributed by atoms with Gasteiger partial charge in [-0.05, 0) is 36.4 Å². The minimum atomic E-state index is -1.05. The number of benzene rings is 2. The average Bonchev–Trinajstić information content (AvgIpc) is 3.11. The minimum absolute atomic E-state index is 0.267. The highest BCUT2D eigenvalue weighted by Crippen LogP contribution is 2.35. The van der Waals surface area contributed by atoms with E-state index in [1.807, 2.05) is 0 Å². The predicted octanol–water partition coefficient (Wildman–Crippen LogP) is 2.26. The largest absolute Gasteiger partial charge is 0.381 e. The number of carbonyl (C=O) groups excluding carboxylic acids is 2. The summed E-state index contributed by atoms with van der Waals surface area (Å²) >= 11 is 0. The molecule has 1 fully saturated rings. The minimum Gasteiger partial charge on any atom is -0.381 e. The summed E-state index contributed by atoms with van der Waals surface area (Å²) in [6, 6.07) is 10.5. The highest BCUT2D eigenvalue weighted by Gasteiger charge is 2.56. The highest BCUT2D eigenvalue weighted by atomic mass is 19.1. The highest BCUT2D eigenvalue weighted by molar-refractivity contribution is 6.32. The monoisotopic (exact) mass is 328 g/mol. The van der Waals surface area contributed by atoms with Crippen LogP contribution in [-0.2, 0) is 14.4 Å². The number of carbonyl (C=O) groups is 2. The fourth-order valence-corrected chi connectivity index (χ4v) is 2.88. The van der Waals surface area contributed by atoms with Gasteiger partial charge in [0.05, 0.1) is 5.69 Å². The van der Waals surface area contributed by atoms with Crippen LogP contribution >= 0.6 is 0 Å². The Balaban J connectivity index is 1.69. The zero-order valence-electron chi connectivity index (χ0n) is 12.1. The van der Waals surface area contributed by atoms with Gasteiger partial charge in [-0.3, -0.25) is 9.59 Å². The smallest absolute Gasteiger partial charge is 0.278 e. The Labute approximate surface area is 135 Å². The van der Waals surface area contributed by atoms with E-state index in [1.54, 1.807) is 0 Å². The molecule has 0 bridgehead atoms. The van der Waals surface area contributed by atoms with E-state index >= 15 is 0 Å². The van der Waals surface area contributed by atoms with Crippen LogP contribution in [0.1, 0.15) is 5.56 Å². The maximum absolute atomic E-state index is 13.1. The summed E-state index contributed by atoms with van der Waals surface area (Å²) in [4.78, 5) is 31.3. The summed E-state index contributed by atoms with van der Waals surface area (Å²) in [6.45, 7) is 0. The van der Waals surface area contributed by atoms with E-state index in [1.165, 1.54) is 48.5 Å². The summed E-state index contributed by atoms with van der Waals surface area (Å²) in [5.74, 6) is -2.85. The quantitative estimate of drug-likeness (QED) is 0.795. The third-order valence-corrected chi connectivity index (χ3v) is 4.04. The van der Waals surface area contributed by atoms with E-state index in [4.69, 9.17) is 4.84 Å². The van der Waals surface area contributed by atoms with E-state index in [2.05, 4.69) is 5.16 Å². The predicted molar refractivity (Wildman–Crippen MR) is 80.2 cm³/mol. The molecule has 4 rings (SSSR count). The molecule has 7 heteroatoms. The van der Waals surface area contributed by atoms with Crippen LogP contribution < -0.4 is 4.90 Å². The molecule has 2 aliphatic heterocycles. The second-order valence-corrected chi connectivity index (χ2v) is 5.48. The van der Waals surface area contributed by atoms with Crippen molar-refractivity contribution in [2.75, 3.05) is 4.90 Å². The van der Waals surface area contributed by atoms with Gasteiger partial charge in [-0.15, -0.1) is 0 Å². The van der Waals surface area contributed by atoms with Crippen molar-refractivity contribution in [2.45, 2.75) is 6.10 Å². The molecule has 120 valence electrons. The first-order valence-electron chi connectivity index (χ1n) is 7.19. The van der Waals surface area contributed by atoms with Crippen LogP contribution in [-0.4, -0.2) is 23.6 Å². The number of anilines is 1. The summed E-state index contributed by atoms with van der Waals surface area (Å²) in [5, 5.41) is 3.83. The van der Waals surface area contributed by atoms with Crippen molar-refractivity contribution >= 4 is 23.2 Å². The van der Waals surface area contributed by atoms with Gasteiger partial charge in [-0.2, -0.15) is 0 Å². The van der Waals surface area contributed by atoms with Crippen molar-refractivity contribution in [2.24, 2.45) is 11.1 Å². The van der Waals surface area contributed by atoms with Crippen molar-refractivity contribution in [3.63, 3.8) is 0 Å². The number of hydrogen-bond acceptors (Lipinski definition) is 4. The molecule has 0 saturated carbocycles. The zero-order valence-corrected chi connectivity index (χ0v) is 12.1. The van der Waals surface area contributed by atoms with E-state index in [-0.39, 0.29) is 11.4 Å². The molecule has 0 spiro atoms. The van der Waals surface area contributed by atoms with Gasteiger partial charge in [0, 0.05) is 5.56 Å². The SMILES string of the molecule is O=C1[C@@H]2C(c3ccc(F)cc3)=NO[C@H]2C(=O)N1c1ccc(F)cc1. The number of imide groups is 1. The summed E-state index contributed by atoms with van der Waals surface area (Å²) in [5.41, 5.74) is 1.05. The Morgan fingerprint density at radius 3 is 2.08 bits per heavy atom. The molecule has 0 aromatic heterocycles. The lowest BCUT2D eigenvalue weighted by Crippen LogP contribution is -2.33. The molecule has 0 N–H and O–H groups in total. The Morgan fingerprint density at radius 2 is 1.46 bits per heavy atom. The van der Waals surface area contributed by atoms with E-state index in [9.17, 15) is 18.4 Å². The molecule has 2 aromatic rings. The topological polar surface area (TPSA) is 59.0 Å². The number of hydrogen-bond donors (Lipinski definition) is 0. The normalized spacial score (nSPS) is 22.4. The maximum atomic E-state index is 13.1. The van der Waals surface area contributed by atoms with Gasteiger partial charge in [0.25, 0.3) is 5.91 Å². The zero-order chi connectivity index (χ0) is 16.8. The van der Waals surface area contributed by atoms with Crippen LogP contribution in [0.25, 0.3) is 0 Å². The molecular weight excluding hydrogens is 318 g/mol. The van der Waals surface area contributed by atoms with Crippen LogP contribution in [0.15, 0.2) is 53.7 Å². The summed E-state index contributed by atoms with van der Waals surface area (Å²) in [7, 11) is 0. The lowest BCUT2D eigenvalue weighted by atomic mass is 9.94. The van der Waals surface area contributed by atoms with Crippen molar-refractivity contribution in [1.29, 1.82) is 0 Å². The Bertz CT molecular complexity index is 862. The molecule has 5 nitrogen and oxygen atoms in total. The number of rotatable bonds is 2. The van der Waals surface area contributed by atoms with Crippen LogP contribution in [0, 0.1) is 17.6 Å². The number of halogens is 2. The van der Waals surface area contributed by atoms with E-state index < -0.39 is 35.5 Å². The molecular formula is C17H10F2N2O3. The molecule has 0 unspecified atom stereocenters. The van der Waals surface area contributed by atoms with Gasteiger partial charge < -0.3 is 4.84 Å². The Kier molecular flexibility index (Phi) is 3.16. The number of amides is 2. The molecule has 0 radical (unpaired) electrons. The molecule has 2 aliphatic rings. The van der Waals surface area contributed by atoms with Crippen LogP contribution in [0.2, 0.25) is 0 Å². The first kappa shape index (κ1) is 14.5. The molecule has 0 aliphatic carbocycles. The molecule has 2 aromatic carbocycles. The van der Waals surface area contributed by atoms with Gasteiger partial charge >= 0.3 is 0 Å². The van der Waals surface area contributed by atoms with Gasteiger partial charge in [0.2, 0.25) is 12.0 Å². The van der Waals surface area contributed by atoms with Gasteiger partial charge in [0.1, 0.15) is 23.3 Å². The van der Waals surface area contributed by atoms with Crippen LogP contribution in [0.5, 0.6) is 0 Å². The average molecular weight is 328 g/mol.